The average Bonchev–Trinajstić information content (AvgIpc) is 2.61. The number of likely N-dealkylation sites (N-methyl/N-ethyl adjacent to an activating group) is 1. The maximum Gasteiger partial charge on any atom is 0.416 e. The van der Waals surface area contributed by atoms with E-state index in [-0.39, 0.29) is 0 Å². The number of hydrogen-bond donors (Lipinski definition) is 1. The fourth-order valence-corrected chi connectivity index (χ4v) is 3.27. The number of aryl methyl sites for hydroxylation is 1. The van der Waals surface area contributed by atoms with Crippen molar-refractivity contribution in [1.82, 2.24) is 15.1 Å². The largest absolute Gasteiger partial charge is 0.416 e. The van der Waals surface area contributed by atoms with Crippen molar-refractivity contribution >= 4 is 5.82 Å². The highest BCUT2D eigenvalue weighted by molar-refractivity contribution is 5.62. The van der Waals surface area contributed by atoms with Crippen LogP contribution in [0.3, 0.4) is 0 Å². The maximum absolute atomic E-state index is 12.7. The molecule has 1 aliphatic rings. The maximum atomic E-state index is 12.7. The summed E-state index contributed by atoms with van der Waals surface area (Å²) in [5, 5.41) is 12.0. The molecule has 0 amide bonds. The number of benzene rings is 1. The Kier molecular flexibility index (Phi) is 5.46. The molecule has 0 spiro atoms. The molecule has 4 nitrogen and oxygen atoms in total. The van der Waals surface area contributed by atoms with E-state index in [4.69, 9.17) is 0 Å². The third kappa shape index (κ3) is 4.33. The summed E-state index contributed by atoms with van der Waals surface area (Å²) in [5.41, 5.74) is 1.57. The Morgan fingerprint density at radius 1 is 1.19 bits per heavy atom. The Bertz CT molecular complexity index is 743. The lowest BCUT2D eigenvalue weighted by molar-refractivity contribution is -0.137. The van der Waals surface area contributed by atoms with Crippen LogP contribution in [0.15, 0.2) is 30.3 Å². The van der Waals surface area contributed by atoms with E-state index in [9.17, 15) is 13.2 Å². The van der Waals surface area contributed by atoms with Crippen LogP contribution < -0.4 is 5.32 Å². The van der Waals surface area contributed by atoms with Crippen molar-refractivity contribution in [3.05, 3.63) is 41.5 Å². The minimum absolute atomic E-state index is 0.338. The first-order valence-electron chi connectivity index (χ1n) is 8.86. The first-order valence-corrected chi connectivity index (χ1v) is 8.86. The van der Waals surface area contributed by atoms with Gasteiger partial charge in [-0.25, -0.2) is 0 Å². The molecule has 0 aliphatic carbocycles. The van der Waals surface area contributed by atoms with E-state index in [1.165, 1.54) is 12.1 Å². The van der Waals surface area contributed by atoms with Gasteiger partial charge in [-0.15, -0.1) is 10.2 Å². The van der Waals surface area contributed by atoms with Gasteiger partial charge in [0.25, 0.3) is 0 Å². The molecular weight excluding hydrogens is 341 g/mol. The summed E-state index contributed by atoms with van der Waals surface area (Å²) < 4.78 is 38.1. The molecule has 0 bridgehead atoms. The van der Waals surface area contributed by atoms with Crippen LogP contribution in [-0.2, 0) is 12.6 Å². The molecule has 0 unspecified atom stereocenters. The zero-order chi connectivity index (χ0) is 18.7. The van der Waals surface area contributed by atoms with E-state index in [1.807, 2.05) is 13.0 Å². The van der Waals surface area contributed by atoms with Gasteiger partial charge in [-0.3, -0.25) is 0 Å². The van der Waals surface area contributed by atoms with E-state index < -0.39 is 11.7 Å². The molecule has 1 fully saturated rings. The number of alkyl halides is 3. The second-order valence-corrected chi connectivity index (χ2v) is 6.78. The van der Waals surface area contributed by atoms with Crippen LogP contribution >= 0.6 is 0 Å². The van der Waals surface area contributed by atoms with Crippen LogP contribution in [-0.4, -0.2) is 41.3 Å². The van der Waals surface area contributed by atoms with Crippen LogP contribution in [0.4, 0.5) is 19.0 Å². The second-order valence-electron chi connectivity index (χ2n) is 6.78. The summed E-state index contributed by atoms with van der Waals surface area (Å²) in [4.78, 5) is 2.29. The van der Waals surface area contributed by atoms with Gasteiger partial charge in [0.2, 0.25) is 0 Å². The molecule has 1 aromatic heterocycles. The van der Waals surface area contributed by atoms with Crippen molar-refractivity contribution in [3.8, 4) is 11.3 Å². The lowest BCUT2D eigenvalue weighted by Gasteiger charge is -2.30. The minimum atomic E-state index is -4.33. The molecule has 0 radical (unpaired) electrons. The minimum Gasteiger partial charge on any atom is -0.364 e. The lowest BCUT2D eigenvalue weighted by Crippen LogP contribution is -2.40. The van der Waals surface area contributed by atoms with Crippen molar-refractivity contribution in [2.45, 2.75) is 38.4 Å². The highest BCUT2D eigenvalue weighted by atomic mass is 19.4. The van der Waals surface area contributed by atoms with Gasteiger partial charge < -0.3 is 10.2 Å². The predicted molar refractivity (Wildman–Crippen MR) is 96.0 cm³/mol. The van der Waals surface area contributed by atoms with Crippen LogP contribution in [0.2, 0.25) is 0 Å². The number of aromatic nitrogens is 2. The standard InChI is InChI=1S/C19H23F3N4/c1-3-13-11-17(14-6-8-15(9-7-14)19(20,21)22)24-25-18(13)23-16-5-4-10-26(2)12-16/h6-9,11,16H,3-5,10,12H2,1-2H3,(H,23,25)/t16-/m1/s1. The van der Waals surface area contributed by atoms with Gasteiger partial charge in [0, 0.05) is 18.2 Å². The molecule has 2 aromatic rings. The van der Waals surface area contributed by atoms with E-state index in [0.29, 0.717) is 17.3 Å². The number of halogens is 3. The fourth-order valence-electron chi connectivity index (χ4n) is 3.27. The summed E-state index contributed by atoms with van der Waals surface area (Å²) >= 11 is 0. The van der Waals surface area contributed by atoms with E-state index in [0.717, 1.165) is 55.9 Å². The molecule has 1 N–H and O–H groups in total. The summed E-state index contributed by atoms with van der Waals surface area (Å²) in [7, 11) is 2.11. The summed E-state index contributed by atoms with van der Waals surface area (Å²) in [5.74, 6) is 0.767. The molecule has 140 valence electrons. The second kappa shape index (κ2) is 7.61. The Morgan fingerprint density at radius 3 is 2.54 bits per heavy atom. The van der Waals surface area contributed by atoms with Gasteiger partial charge in [-0.1, -0.05) is 19.1 Å². The molecule has 1 aliphatic heterocycles. The van der Waals surface area contributed by atoms with E-state index >= 15 is 0 Å². The molecule has 0 saturated carbocycles. The zero-order valence-electron chi connectivity index (χ0n) is 15.0. The summed E-state index contributed by atoms with van der Waals surface area (Å²) in [6, 6.07) is 7.28. The van der Waals surface area contributed by atoms with Crippen molar-refractivity contribution in [2.24, 2.45) is 0 Å². The van der Waals surface area contributed by atoms with Gasteiger partial charge >= 0.3 is 6.18 Å². The average molecular weight is 364 g/mol. The molecule has 1 atom stereocenters. The molecular formula is C19H23F3N4. The molecule has 3 rings (SSSR count). The highest BCUT2D eigenvalue weighted by Crippen LogP contribution is 2.31. The third-order valence-electron chi connectivity index (χ3n) is 4.73. The molecule has 26 heavy (non-hydrogen) atoms. The SMILES string of the molecule is CCc1cc(-c2ccc(C(F)(F)F)cc2)nnc1N[C@@H]1CCCN(C)C1. The van der Waals surface area contributed by atoms with Crippen molar-refractivity contribution in [1.29, 1.82) is 0 Å². The molecule has 2 heterocycles. The normalized spacial score (nSPS) is 18.7. The zero-order valence-corrected chi connectivity index (χ0v) is 15.0. The highest BCUT2D eigenvalue weighted by Gasteiger charge is 2.30. The first-order chi connectivity index (χ1) is 12.4. The van der Waals surface area contributed by atoms with Crippen LogP contribution in [0.1, 0.15) is 30.9 Å². The quantitative estimate of drug-likeness (QED) is 0.881. The van der Waals surface area contributed by atoms with Crippen molar-refractivity contribution in [3.63, 3.8) is 0 Å². The summed E-state index contributed by atoms with van der Waals surface area (Å²) in [6.45, 7) is 4.11. The number of rotatable bonds is 4. The Hall–Kier alpha value is -2.15. The van der Waals surface area contributed by atoms with Gasteiger partial charge in [0.05, 0.1) is 11.3 Å². The Balaban J connectivity index is 1.80. The summed E-state index contributed by atoms with van der Waals surface area (Å²) in [6.07, 6.45) is -1.32. The molecule has 1 aromatic carbocycles. The first kappa shape index (κ1) is 18.6. The monoisotopic (exact) mass is 364 g/mol. The van der Waals surface area contributed by atoms with Gasteiger partial charge in [-0.2, -0.15) is 13.2 Å². The number of nitrogens with zero attached hydrogens (tertiary/aromatic N) is 3. The number of likely N-dealkylation sites (tertiary alicyclic amines) is 1. The van der Waals surface area contributed by atoms with Gasteiger partial charge in [0.1, 0.15) is 0 Å². The topological polar surface area (TPSA) is 41.1 Å². The van der Waals surface area contributed by atoms with Crippen LogP contribution in [0.25, 0.3) is 11.3 Å². The lowest BCUT2D eigenvalue weighted by atomic mass is 10.0. The molecule has 7 heteroatoms. The smallest absolute Gasteiger partial charge is 0.364 e. The van der Waals surface area contributed by atoms with E-state index in [2.05, 4.69) is 27.5 Å². The van der Waals surface area contributed by atoms with E-state index in [1.54, 1.807) is 0 Å². The third-order valence-corrected chi connectivity index (χ3v) is 4.73. The Labute approximate surface area is 151 Å². The Morgan fingerprint density at radius 2 is 1.92 bits per heavy atom. The number of anilines is 1. The van der Waals surface area contributed by atoms with Crippen molar-refractivity contribution < 1.29 is 13.2 Å². The fraction of sp³-hybridized carbons (Fsp3) is 0.474. The van der Waals surface area contributed by atoms with Crippen LogP contribution in [0.5, 0.6) is 0 Å². The number of hydrogen-bond acceptors (Lipinski definition) is 4. The van der Waals surface area contributed by atoms with Crippen molar-refractivity contribution in [2.75, 3.05) is 25.5 Å². The predicted octanol–water partition coefficient (Wildman–Crippen LogP) is 4.23. The number of nitrogens with one attached hydrogen (secondary N) is 1. The van der Waals surface area contributed by atoms with Gasteiger partial charge in [-0.05, 0) is 56.6 Å². The number of piperidine rings is 1. The van der Waals surface area contributed by atoms with Gasteiger partial charge in [0.15, 0.2) is 5.82 Å². The van der Waals surface area contributed by atoms with Crippen LogP contribution in [0, 0.1) is 0 Å². The molecule has 1 saturated heterocycles.